The van der Waals surface area contributed by atoms with Crippen LogP contribution >= 0.6 is 15.9 Å². The lowest BCUT2D eigenvalue weighted by Gasteiger charge is -2.13. The molecule has 2 heterocycles. The molecule has 15 heavy (non-hydrogen) atoms. The molecular weight excluding hydrogens is 262 g/mol. The summed E-state index contributed by atoms with van der Waals surface area (Å²) in [7, 11) is 1.41. The molecule has 2 rings (SSSR count). The molecule has 1 saturated heterocycles. The Morgan fingerprint density at radius 3 is 3.00 bits per heavy atom. The number of halogens is 1. The number of rotatable bonds is 2. The molecule has 0 spiro atoms. The van der Waals surface area contributed by atoms with Crippen LogP contribution in [0.5, 0.6) is 0 Å². The van der Waals surface area contributed by atoms with E-state index in [4.69, 9.17) is 9.15 Å². The Morgan fingerprint density at radius 1 is 1.60 bits per heavy atom. The third kappa shape index (κ3) is 2.08. The molecule has 4 nitrogen and oxygen atoms in total. The maximum atomic E-state index is 11.5. The van der Waals surface area contributed by atoms with Gasteiger partial charge in [0.2, 0.25) is 0 Å². The van der Waals surface area contributed by atoms with E-state index in [1.807, 2.05) is 12.1 Å². The van der Waals surface area contributed by atoms with E-state index in [2.05, 4.69) is 21.2 Å². The fourth-order valence-electron chi connectivity index (χ4n) is 1.90. The Hall–Kier alpha value is -0.810. The van der Waals surface area contributed by atoms with Crippen molar-refractivity contribution >= 4 is 21.9 Å². The second-order valence-corrected chi connectivity index (χ2v) is 4.32. The summed E-state index contributed by atoms with van der Waals surface area (Å²) in [5.41, 5.74) is 0. The van der Waals surface area contributed by atoms with E-state index in [9.17, 15) is 4.79 Å². The van der Waals surface area contributed by atoms with Crippen LogP contribution in [0.3, 0.4) is 0 Å². The van der Waals surface area contributed by atoms with Crippen LogP contribution in [0, 0.1) is 5.92 Å². The summed E-state index contributed by atoms with van der Waals surface area (Å²) in [5.74, 6) is 0.566. The van der Waals surface area contributed by atoms with E-state index < -0.39 is 0 Å². The summed E-state index contributed by atoms with van der Waals surface area (Å²) in [6, 6.07) is 3.72. The van der Waals surface area contributed by atoms with Crippen molar-refractivity contribution in [2.24, 2.45) is 5.92 Å². The molecule has 1 fully saturated rings. The number of furan rings is 1. The number of esters is 1. The molecule has 0 saturated carbocycles. The summed E-state index contributed by atoms with van der Waals surface area (Å²) in [6.45, 7) is 1.40. The molecule has 0 aromatic carbocycles. The maximum absolute atomic E-state index is 11.5. The van der Waals surface area contributed by atoms with Crippen molar-refractivity contribution in [2.75, 3.05) is 20.2 Å². The first-order chi connectivity index (χ1) is 7.22. The number of hydrogen-bond donors (Lipinski definition) is 1. The normalized spacial score (nSPS) is 25.5. The molecule has 1 aliphatic rings. The Labute approximate surface area is 96.1 Å². The Morgan fingerprint density at radius 2 is 2.40 bits per heavy atom. The summed E-state index contributed by atoms with van der Waals surface area (Å²) in [6.07, 6.45) is 0. The van der Waals surface area contributed by atoms with E-state index in [1.54, 1.807) is 0 Å². The standard InChI is InChI=1S/C10H12BrNO3/c1-14-10(13)7-5-12-4-6(7)8-2-3-9(11)15-8/h2-3,6-7,12H,4-5H2,1H3/t6-,7-/m1/s1. The van der Waals surface area contributed by atoms with Gasteiger partial charge in [-0.3, -0.25) is 4.79 Å². The van der Waals surface area contributed by atoms with Crippen molar-refractivity contribution in [1.29, 1.82) is 0 Å². The van der Waals surface area contributed by atoms with Gasteiger partial charge in [-0.2, -0.15) is 0 Å². The molecular formula is C10H12BrNO3. The van der Waals surface area contributed by atoms with Crippen molar-refractivity contribution in [3.05, 3.63) is 22.6 Å². The van der Waals surface area contributed by atoms with Crippen LogP contribution in [0.4, 0.5) is 0 Å². The van der Waals surface area contributed by atoms with Gasteiger partial charge in [0.05, 0.1) is 13.0 Å². The first-order valence-electron chi connectivity index (χ1n) is 4.76. The molecule has 0 aliphatic carbocycles. The van der Waals surface area contributed by atoms with Gasteiger partial charge < -0.3 is 14.5 Å². The fraction of sp³-hybridized carbons (Fsp3) is 0.500. The first kappa shape index (κ1) is 10.7. The van der Waals surface area contributed by atoms with Crippen LogP contribution in [0.1, 0.15) is 11.7 Å². The van der Waals surface area contributed by atoms with Crippen molar-refractivity contribution < 1.29 is 13.9 Å². The van der Waals surface area contributed by atoms with Gasteiger partial charge in [0.25, 0.3) is 0 Å². The SMILES string of the molecule is COC(=O)[C@@H]1CNC[C@H]1c1ccc(Br)o1. The summed E-state index contributed by atoms with van der Waals surface area (Å²) in [5, 5.41) is 3.17. The minimum absolute atomic E-state index is 0.0729. The maximum Gasteiger partial charge on any atom is 0.310 e. The van der Waals surface area contributed by atoms with Crippen LogP contribution in [0.25, 0.3) is 0 Å². The van der Waals surface area contributed by atoms with Gasteiger partial charge in [-0.25, -0.2) is 0 Å². The molecule has 1 aromatic heterocycles. The molecule has 82 valence electrons. The zero-order chi connectivity index (χ0) is 10.8. The first-order valence-corrected chi connectivity index (χ1v) is 5.55. The van der Waals surface area contributed by atoms with Gasteiger partial charge in [-0.1, -0.05) is 0 Å². The van der Waals surface area contributed by atoms with Crippen LogP contribution in [-0.2, 0) is 9.53 Å². The van der Waals surface area contributed by atoms with E-state index in [0.29, 0.717) is 11.2 Å². The van der Waals surface area contributed by atoms with Gasteiger partial charge >= 0.3 is 5.97 Å². The number of hydrogen-bond acceptors (Lipinski definition) is 4. The van der Waals surface area contributed by atoms with Gasteiger partial charge in [-0.05, 0) is 28.1 Å². The summed E-state index contributed by atoms with van der Waals surface area (Å²) < 4.78 is 10.9. The third-order valence-electron chi connectivity index (χ3n) is 2.68. The molecule has 0 amide bonds. The largest absolute Gasteiger partial charge is 0.469 e. The van der Waals surface area contributed by atoms with Gasteiger partial charge in [-0.15, -0.1) is 0 Å². The average Bonchev–Trinajstić information content (AvgIpc) is 2.84. The highest BCUT2D eigenvalue weighted by atomic mass is 79.9. The quantitative estimate of drug-likeness (QED) is 0.831. The van der Waals surface area contributed by atoms with Crippen LogP contribution in [0.15, 0.2) is 21.2 Å². The van der Waals surface area contributed by atoms with Crippen molar-refractivity contribution in [2.45, 2.75) is 5.92 Å². The van der Waals surface area contributed by atoms with E-state index >= 15 is 0 Å². The predicted molar refractivity (Wildman–Crippen MR) is 57.5 cm³/mol. The summed E-state index contributed by atoms with van der Waals surface area (Å²) >= 11 is 3.25. The van der Waals surface area contributed by atoms with E-state index in [0.717, 1.165) is 12.3 Å². The van der Waals surface area contributed by atoms with E-state index in [-0.39, 0.29) is 17.8 Å². The fourth-order valence-corrected chi connectivity index (χ4v) is 2.22. The monoisotopic (exact) mass is 273 g/mol. The Bertz CT molecular complexity index is 363. The molecule has 0 unspecified atom stereocenters. The predicted octanol–water partition coefficient (Wildman–Crippen LogP) is 1.52. The highest BCUT2D eigenvalue weighted by Gasteiger charge is 2.36. The van der Waals surface area contributed by atoms with Gasteiger partial charge in [0, 0.05) is 19.0 Å². The second kappa shape index (κ2) is 4.37. The lowest BCUT2D eigenvalue weighted by Crippen LogP contribution is -2.22. The smallest absolute Gasteiger partial charge is 0.310 e. The molecule has 0 bridgehead atoms. The number of carbonyl (C=O) groups is 1. The Balaban J connectivity index is 2.18. The highest BCUT2D eigenvalue weighted by Crippen LogP contribution is 2.31. The van der Waals surface area contributed by atoms with Crippen molar-refractivity contribution in [1.82, 2.24) is 5.32 Å². The zero-order valence-corrected chi connectivity index (χ0v) is 9.91. The number of methoxy groups -OCH3 is 1. The van der Waals surface area contributed by atoms with Crippen molar-refractivity contribution in [3.8, 4) is 0 Å². The van der Waals surface area contributed by atoms with Crippen LogP contribution < -0.4 is 5.32 Å². The average molecular weight is 274 g/mol. The van der Waals surface area contributed by atoms with Crippen molar-refractivity contribution in [3.63, 3.8) is 0 Å². The van der Waals surface area contributed by atoms with E-state index in [1.165, 1.54) is 7.11 Å². The van der Waals surface area contributed by atoms with Crippen LogP contribution in [0.2, 0.25) is 0 Å². The molecule has 0 radical (unpaired) electrons. The second-order valence-electron chi connectivity index (χ2n) is 3.54. The third-order valence-corrected chi connectivity index (χ3v) is 3.10. The molecule has 2 atom stereocenters. The molecule has 1 aliphatic heterocycles. The lowest BCUT2D eigenvalue weighted by molar-refractivity contribution is -0.145. The number of carbonyl (C=O) groups excluding carboxylic acids is 1. The Kier molecular flexibility index (Phi) is 3.11. The lowest BCUT2D eigenvalue weighted by atomic mass is 9.94. The van der Waals surface area contributed by atoms with Gasteiger partial charge in [0.1, 0.15) is 5.76 Å². The van der Waals surface area contributed by atoms with Gasteiger partial charge in [0.15, 0.2) is 4.67 Å². The van der Waals surface area contributed by atoms with Crippen LogP contribution in [-0.4, -0.2) is 26.2 Å². The zero-order valence-electron chi connectivity index (χ0n) is 8.33. The molecule has 5 heteroatoms. The number of nitrogens with one attached hydrogen (secondary N) is 1. The molecule has 1 aromatic rings. The number of ether oxygens (including phenoxy) is 1. The molecule has 1 N–H and O–H groups in total. The topological polar surface area (TPSA) is 51.5 Å². The summed E-state index contributed by atoms with van der Waals surface area (Å²) in [4.78, 5) is 11.5. The minimum atomic E-state index is -0.183. The minimum Gasteiger partial charge on any atom is -0.469 e. The highest BCUT2D eigenvalue weighted by molar-refractivity contribution is 9.10.